The third-order valence-corrected chi connectivity index (χ3v) is 10.3. The van der Waals surface area contributed by atoms with Crippen molar-refractivity contribution >= 4 is 12.2 Å². The molecule has 0 saturated heterocycles. The Bertz CT molecular complexity index is 1210. The Balaban J connectivity index is 1.07. The summed E-state index contributed by atoms with van der Waals surface area (Å²) in [6.07, 6.45) is 21.0. The number of hydrogen-bond acceptors (Lipinski definition) is 0. The SMILES string of the molecule is CCCC1CCC(CCc2ccc(C=Cc3ccc(C4CCC(CC(C)c5ccccc5)CC4)cc3)c(F)c2)CC1. The van der Waals surface area contributed by atoms with Gasteiger partial charge in [0.15, 0.2) is 0 Å². The van der Waals surface area contributed by atoms with Crippen LogP contribution in [0.5, 0.6) is 0 Å². The Morgan fingerprint density at radius 1 is 0.732 bits per heavy atom. The second kappa shape index (κ2) is 15.0. The molecule has 1 atom stereocenters. The minimum absolute atomic E-state index is 0.0969. The molecule has 0 amide bonds. The lowest BCUT2D eigenvalue weighted by Gasteiger charge is -2.30. The fourth-order valence-corrected chi connectivity index (χ4v) is 7.66. The molecule has 0 bridgehead atoms. The summed E-state index contributed by atoms with van der Waals surface area (Å²) in [5, 5.41) is 0. The van der Waals surface area contributed by atoms with Crippen LogP contribution in [0.1, 0.15) is 131 Å². The molecule has 1 unspecified atom stereocenters. The van der Waals surface area contributed by atoms with E-state index in [1.54, 1.807) is 6.07 Å². The van der Waals surface area contributed by atoms with Crippen LogP contribution < -0.4 is 0 Å². The predicted molar refractivity (Wildman–Crippen MR) is 175 cm³/mol. The van der Waals surface area contributed by atoms with Crippen molar-refractivity contribution in [1.29, 1.82) is 0 Å². The van der Waals surface area contributed by atoms with E-state index in [9.17, 15) is 4.39 Å². The number of hydrogen-bond donors (Lipinski definition) is 0. The van der Waals surface area contributed by atoms with Gasteiger partial charge in [0.25, 0.3) is 0 Å². The minimum atomic E-state index is -0.0969. The molecule has 2 aliphatic carbocycles. The van der Waals surface area contributed by atoms with Gasteiger partial charge in [0.2, 0.25) is 0 Å². The first kappa shape index (κ1) is 29.8. The number of rotatable bonds is 11. The highest BCUT2D eigenvalue weighted by Crippen LogP contribution is 2.40. The summed E-state index contributed by atoms with van der Waals surface area (Å²) in [6, 6.07) is 25.8. The van der Waals surface area contributed by atoms with Gasteiger partial charge in [0.1, 0.15) is 5.82 Å². The molecule has 0 spiro atoms. The quantitative estimate of drug-likeness (QED) is 0.208. The van der Waals surface area contributed by atoms with Gasteiger partial charge in [-0.05, 0) is 103 Å². The zero-order valence-electron chi connectivity index (χ0n) is 25.5. The first-order valence-electron chi connectivity index (χ1n) is 16.7. The van der Waals surface area contributed by atoms with Crippen LogP contribution >= 0.6 is 0 Å². The molecule has 0 aromatic heterocycles. The Labute approximate surface area is 249 Å². The molecular weight excluding hydrogens is 499 g/mol. The van der Waals surface area contributed by atoms with Gasteiger partial charge >= 0.3 is 0 Å². The van der Waals surface area contributed by atoms with Gasteiger partial charge < -0.3 is 0 Å². The molecule has 2 fully saturated rings. The van der Waals surface area contributed by atoms with Crippen LogP contribution in [0, 0.1) is 23.6 Å². The molecule has 0 radical (unpaired) electrons. The highest BCUT2D eigenvalue weighted by molar-refractivity contribution is 5.70. The van der Waals surface area contributed by atoms with Crippen LogP contribution in [0.25, 0.3) is 12.2 Å². The monoisotopic (exact) mass is 550 g/mol. The molecule has 218 valence electrons. The molecule has 0 aliphatic heterocycles. The fourth-order valence-electron chi connectivity index (χ4n) is 7.66. The van der Waals surface area contributed by atoms with Crippen molar-refractivity contribution in [2.45, 2.75) is 109 Å². The Morgan fingerprint density at radius 3 is 2.05 bits per heavy atom. The standard InChI is InChI=1S/C40H51F/c1-3-7-31-10-12-32(13-11-31)14-15-35-21-27-39(40(41)29-35)26-18-33-16-22-37(23-17-33)38-24-19-34(20-25-38)28-30(2)36-8-5-4-6-9-36/h4-6,8-9,16-18,21-23,26-27,29-32,34,38H,3,7,10-15,19-20,24-25,28H2,1-2H3. The van der Waals surface area contributed by atoms with Gasteiger partial charge in [0.05, 0.1) is 0 Å². The lowest BCUT2D eigenvalue weighted by atomic mass is 9.75. The zero-order chi connectivity index (χ0) is 28.4. The van der Waals surface area contributed by atoms with E-state index in [1.807, 2.05) is 12.1 Å². The molecule has 5 rings (SSSR count). The predicted octanol–water partition coefficient (Wildman–Crippen LogP) is 12.0. The Hall–Kier alpha value is -2.67. The van der Waals surface area contributed by atoms with Crippen molar-refractivity contribution in [3.8, 4) is 0 Å². The summed E-state index contributed by atoms with van der Waals surface area (Å²) >= 11 is 0. The van der Waals surface area contributed by atoms with Crippen molar-refractivity contribution in [2.24, 2.45) is 17.8 Å². The van der Waals surface area contributed by atoms with Gasteiger partial charge in [-0.1, -0.05) is 131 Å². The average molecular weight is 551 g/mol. The topological polar surface area (TPSA) is 0 Å². The molecule has 2 saturated carbocycles. The second-order valence-corrected chi connectivity index (χ2v) is 13.3. The largest absolute Gasteiger partial charge is 0.206 e. The van der Waals surface area contributed by atoms with Crippen molar-refractivity contribution < 1.29 is 4.39 Å². The summed E-state index contributed by atoms with van der Waals surface area (Å²) < 4.78 is 14.9. The highest BCUT2D eigenvalue weighted by atomic mass is 19.1. The van der Waals surface area contributed by atoms with Crippen LogP contribution in [0.4, 0.5) is 4.39 Å². The van der Waals surface area contributed by atoms with Crippen LogP contribution in [0.3, 0.4) is 0 Å². The lowest BCUT2D eigenvalue weighted by Crippen LogP contribution is -2.15. The van der Waals surface area contributed by atoms with E-state index in [1.165, 1.54) is 88.2 Å². The van der Waals surface area contributed by atoms with E-state index >= 15 is 0 Å². The van der Waals surface area contributed by atoms with Crippen LogP contribution in [-0.2, 0) is 6.42 Å². The maximum atomic E-state index is 14.9. The smallest absolute Gasteiger partial charge is 0.130 e. The van der Waals surface area contributed by atoms with Gasteiger partial charge in [-0.25, -0.2) is 4.39 Å². The fraction of sp³-hybridized carbons (Fsp3) is 0.500. The Morgan fingerprint density at radius 2 is 1.39 bits per heavy atom. The van der Waals surface area contributed by atoms with E-state index in [0.29, 0.717) is 17.4 Å². The van der Waals surface area contributed by atoms with Crippen molar-refractivity contribution in [2.75, 3.05) is 0 Å². The first-order valence-corrected chi connectivity index (χ1v) is 16.7. The summed E-state index contributed by atoms with van der Waals surface area (Å²) in [7, 11) is 0. The van der Waals surface area contributed by atoms with Crippen LogP contribution in [-0.4, -0.2) is 0 Å². The summed E-state index contributed by atoms with van der Waals surface area (Å²) in [5.41, 5.74) is 5.90. The molecule has 2 aliphatic rings. The van der Waals surface area contributed by atoms with Gasteiger partial charge in [-0.15, -0.1) is 0 Å². The van der Waals surface area contributed by atoms with Crippen molar-refractivity contribution in [1.82, 2.24) is 0 Å². The molecule has 0 heterocycles. The lowest BCUT2D eigenvalue weighted by molar-refractivity contribution is 0.252. The summed E-state index contributed by atoms with van der Waals surface area (Å²) in [5.74, 6) is 3.84. The van der Waals surface area contributed by atoms with E-state index in [-0.39, 0.29) is 5.82 Å². The summed E-state index contributed by atoms with van der Waals surface area (Å²) in [4.78, 5) is 0. The van der Waals surface area contributed by atoms with E-state index in [0.717, 1.165) is 35.3 Å². The summed E-state index contributed by atoms with van der Waals surface area (Å²) in [6.45, 7) is 4.68. The zero-order valence-corrected chi connectivity index (χ0v) is 25.5. The molecule has 0 N–H and O–H groups in total. The van der Waals surface area contributed by atoms with Crippen LogP contribution in [0.2, 0.25) is 0 Å². The third kappa shape index (κ3) is 8.67. The normalized spacial score (nSPS) is 24.0. The maximum Gasteiger partial charge on any atom is 0.130 e. The van der Waals surface area contributed by atoms with E-state index in [2.05, 4.69) is 80.6 Å². The highest BCUT2D eigenvalue weighted by Gasteiger charge is 2.24. The third-order valence-electron chi connectivity index (χ3n) is 10.3. The number of halogens is 1. The molecule has 3 aromatic carbocycles. The Kier molecular flexibility index (Phi) is 10.9. The van der Waals surface area contributed by atoms with Gasteiger partial charge in [-0.2, -0.15) is 0 Å². The van der Waals surface area contributed by atoms with E-state index < -0.39 is 0 Å². The average Bonchev–Trinajstić information content (AvgIpc) is 3.01. The van der Waals surface area contributed by atoms with Crippen LogP contribution in [0.15, 0.2) is 72.8 Å². The van der Waals surface area contributed by atoms with Gasteiger partial charge in [0, 0.05) is 5.56 Å². The number of benzene rings is 3. The van der Waals surface area contributed by atoms with E-state index in [4.69, 9.17) is 0 Å². The second-order valence-electron chi connectivity index (χ2n) is 13.3. The molecule has 41 heavy (non-hydrogen) atoms. The molecular formula is C40H51F. The first-order chi connectivity index (χ1) is 20.1. The van der Waals surface area contributed by atoms with Gasteiger partial charge in [-0.3, -0.25) is 0 Å². The number of aryl methyl sites for hydroxylation is 1. The van der Waals surface area contributed by atoms with Crippen molar-refractivity contribution in [3.63, 3.8) is 0 Å². The molecule has 3 aromatic rings. The van der Waals surface area contributed by atoms with Crippen molar-refractivity contribution in [3.05, 3.63) is 106 Å². The minimum Gasteiger partial charge on any atom is -0.206 e. The maximum absolute atomic E-state index is 14.9. The molecule has 0 nitrogen and oxygen atoms in total. The molecule has 1 heteroatoms.